The molecule has 1 rings (SSSR count). The van der Waals surface area contributed by atoms with Crippen LogP contribution < -0.4 is 0 Å². The second kappa shape index (κ2) is 1.36. The van der Waals surface area contributed by atoms with Crippen molar-refractivity contribution in [3.05, 3.63) is 18.1 Å². The van der Waals surface area contributed by atoms with E-state index in [1.54, 1.807) is 12.3 Å². The van der Waals surface area contributed by atoms with Crippen LogP contribution in [-0.2, 0) is 4.18 Å². The van der Waals surface area contributed by atoms with E-state index < -0.39 is 0 Å². The van der Waals surface area contributed by atoms with Crippen LogP contribution in [0.4, 0.5) is 0 Å². The van der Waals surface area contributed by atoms with Gasteiger partial charge in [0.05, 0.1) is 18.3 Å². The van der Waals surface area contributed by atoms with Crippen molar-refractivity contribution in [1.29, 1.82) is 0 Å². The third-order valence-electron chi connectivity index (χ3n) is 0.288. The molecule has 2 radical (unpaired) electrons. The van der Waals surface area contributed by atoms with Crippen molar-refractivity contribution < 1.29 is 4.18 Å². The normalized spacial score (nSPS) is 19.2. The highest BCUT2D eigenvalue weighted by Gasteiger charge is 1.88. The summed E-state index contributed by atoms with van der Waals surface area (Å²) in [6.45, 7) is 0. The molecule has 0 unspecified atom stereocenters. The summed E-state index contributed by atoms with van der Waals surface area (Å²) >= 11 is 1.21. The first-order valence-corrected chi connectivity index (χ1v) is 1.97. The van der Waals surface area contributed by atoms with Gasteiger partial charge in [-0.2, -0.15) is 0 Å². The van der Waals surface area contributed by atoms with Crippen molar-refractivity contribution in [3.8, 4) is 0 Å². The van der Waals surface area contributed by atoms with Gasteiger partial charge in [-0.3, -0.25) is 0 Å². The van der Waals surface area contributed by atoms with Gasteiger partial charge in [0, 0.05) is 0 Å². The Hall–Kier alpha value is -0.110. The van der Waals surface area contributed by atoms with E-state index in [9.17, 15) is 0 Å². The Morgan fingerprint density at radius 2 is 2.80 bits per heavy atom. The first-order valence-electron chi connectivity index (χ1n) is 1.23. The summed E-state index contributed by atoms with van der Waals surface area (Å²) in [6.07, 6.45) is 3.31. The van der Waals surface area contributed by atoms with Crippen LogP contribution >= 0.6 is 12.0 Å². The highest BCUT2D eigenvalue weighted by atomic mass is 32.2. The van der Waals surface area contributed by atoms with Crippen molar-refractivity contribution in [1.82, 2.24) is 0 Å². The molecule has 0 aromatic carbocycles. The van der Waals surface area contributed by atoms with Crippen molar-refractivity contribution in [2.75, 3.05) is 0 Å². The molecule has 26 valence electrons. The van der Waals surface area contributed by atoms with Crippen LogP contribution in [0.25, 0.3) is 0 Å². The second-order valence-electron chi connectivity index (χ2n) is 0.600. The molecule has 0 amide bonds. The molecule has 5 heavy (non-hydrogen) atoms. The van der Waals surface area contributed by atoms with Crippen LogP contribution in [0.5, 0.6) is 0 Å². The number of rotatable bonds is 0. The summed E-state index contributed by atoms with van der Waals surface area (Å²) in [5, 5.41) is 0. The van der Waals surface area contributed by atoms with Gasteiger partial charge < -0.3 is 4.18 Å². The van der Waals surface area contributed by atoms with E-state index in [-0.39, 0.29) is 0 Å². The summed E-state index contributed by atoms with van der Waals surface area (Å²) < 4.78 is 4.57. The first-order chi connectivity index (χ1) is 2.50. The third kappa shape index (κ3) is 0.581. The summed E-state index contributed by atoms with van der Waals surface area (Å²) in [6, 6.07) is 0. The molecule has 0 atom stereocenters. The zero-order valence-electron chi connectivity index (χ0n) is 2.47. The van der Waals surface area contributed by atoms with Crippen molar-refractivity contribution in [2.45, 2.75) is 0 Å². The maximum absolute atomic E-state index is 4.57. The molecule has 1 heterocycles. The van der Waals surface area contributed by atoms with E-state index in [0.717, 1.165) is 0 Å². The molecule has 0 fully saturated rings. The van der Waals surface area contributed by atoms with Crippen LogP contribution in [0.15, 0.2) is 12.3 Å². The van der Waals surface area contributed by atoms with Gasteiger partial charge in [-0.05, 0) is 6.08 Å². The molecule has 0 aromatic rings. The standard InChI is InChI=1S/C3H2OS/c1-2-4-5-3-1/h1-2H. The van der Waals surface area contributed by atoms with Crippen molar-refractivity contribution >= 4 is 12.0 Å². The second-order valence-corrected chi connectivity index (χ2v) is 1.19. The third-order valence-corrected chi connectivity index (χ3v) is 0.728. The molecule has 0 saturated carbocycles. The van der Waals surface area contributed by atoms with Crippen LogP contribution in [0.2, 0.25) is 0 Å². The van der Waals surface area contributed by atoms with Gasteiger partial charge in [0.15, 0.2) is 0 Å². The van der Waals surface area contributed by atoms with Crippen LogP contribution in [0.1, 0.15) is 0 Å². The van der Waals surface area contributed by atoms with Crippen LogP contribution in [0.3, 0.4) is 0 Å². The summed E-state index contributed by atoms with van der Waals surface area (Å²) in [7, 11) is 0. The van der Waals surface area contributed by atoms with E-state index in [1.807, 2.05) is 0 Å². The Morgan fingerprint density at radius 3 is 3.00 bits per heavy atom. The Labute approximate surface area is 35.2 Å². The first kappa shape index (κ1) is 3.09. The lowest BCUT2D eigenvalue weighted by Crippen LogP contribution is -1.42. The van der Waals surface area contributed by atoms with Crippen molar-refractivity contribution in [2.24, 2.45) is 0 Å². The molecule has 2 heteroatoms. The zero-order chi connectivity index (χ0) is 3.54. The predicted molar refractivity (Wildman–Crippen MR) is 21.1 cm³/mol. The molecule has 0 spiro atoms. The summed E-state index contributed by atoms with van der Waals surface area (Å²) in [4.78, 5) is 0. The lowest BCUT2D eigenvalue weighted by Gasteiger charge is -1.75. The molecule has 1 nitrogen and oxygen atoms in total. The van der Waals surface area contributed by atoms with Gasteiger partial charge in [-0.15, -0.1) is 0 Å². The highest BCUT2D eigenvalue weighted by Crippen LogP contribution is 2.14. The number of hydrogen-bond acceptors (Lipinski definition) is 2. The smallest absolute Gasteiger partial charge is 0.122 e. The Kier molecular flexibility index (Phi) is 0.841. The molecule has 0 bridgehead atoms. The van der Waals surface area contributed by atoms with Crippen LogP contribution in [-0.4, -0.2) is 0 Å². The minimum absolute atomic E-state index is 1.21. The van der Waals surface area contributed by atoms with E-state index in [4.69, 9.17) is 0 Å². The van der Waals surface area contributed by atoms with Gasteiger partial charge in [0.25, 0.3) is 0 Å². The lowest BCUT2D eigenvalue weighted by molar-refractivity contribution is 0.579. The quantitative estimate of drug-likeness (QED) is 0.410. The predicted octanol–water partition coefficient (Wildman–Crippen LogP) is 1.22. The minimum Gasteiger partial charge on any atom is -0.433 e. The minimum atomic E-state index is 1.21. The van der Waals surface area contributed by atoms with Crippen molar-refractivity contribution in [3.63, 3.8) is 0 Å². The fraction of sp³-hybridized carbons (Fsp3) is 0. The van der Waals surface area contributed by atoms with Gasteiger partial charge in [0.1, 0.15) is 5.75 Å². The largest absolute Gasteiger partial charge is 0.433 e. The maximum atomic E-state index is 4.57. The van der Waals surface area contributed by atoms with E-state index in [0.29, 0.717) is 0 Å². The Bertz CT molecular complexity index is 44.9. The summed E-state index contributed by atoms with van der Waals surface area (Å²) in [5.74, 6) is 2.74. The van der Waals surface area contributed by atoms with Gasteiger partial charge >= 0.3 is 0 Å². The molecule has 0 aromatic heterocycles. The van der Waals surface area contributed by atoms with Crippen LogP contribution in [0, 0.1) is 5.75 Å². The zero-order valence-corrected chi connectivity index (χ0v) is 3.29. The molecular weight excluding hydrogens is 84.1 g/mol. The number of hydrogen-bond donors (Lipinski definition) is 0. The fourth-order valence-electron chi connectivity index (χ4n) is 0.139. The SMILES string of the molecule is [C]1C=COS1. The average Bonchev–Trinajstić information content (AvgIpc) is 1.76. The topological polar surface area (TPSA) is 9.23 Å². The Balaban J connectivity index is 2.32. The summed E-state index contributed by atoms with van der Waals surface area (Å²) in [5.41, 5.74) is 0. The van der Waals surface area contributed by atoms with E-state index in [2.05, 4.69) is 9.94 Å². The molecule has 1 aliphatic heterocycles. The highest BCUT2D eigenvalue weighted by molar-refractivity contribution is 7.97. The van der Waals surface area contributed by atoms with E-state index in [1.165, 1.54) is 12.0 Å². The molecule has 0 saturated heterocycles. The average molecular weight is 86.1 g/mol. The molecule has 1 aliphatic rings. The maximum Gasteiger partial charge on any atom is 0.122 e. The monoisotopic (exact) mass is 86.0 g/mol. The fourth-order valence-corrected chi connectivity index (χ4v) is 0.417. The molecule has 0 N–H and O–H groups in total. The lowest BCUT2D eigenvalue weighted by atomic mass is 10.7. The van der Waals surface area contributed by atoms with Gasteiger partial charge in [0.2, 0.25) is 0 Å². The Morgan fingerprint density at radius 1 is 1.80 bits per heavy atom. The molecule has 0 aliphatic carbocycles. The van der Waals surface area contributed by atoms with Gasteiger partial charge in [-0.25, -0.2) is 0 Å². The van der Waals surface area contributed by atoms with Gasteiger partial charge in [-0.1, -0.05) is 0 Å². The van der Waals surface area contributed by atoms with E-state index >= 15 is 0 Å². The molecular formula is C3H2OS.